The fourth-order valence-electron chi connectivity index (χ4n) is 1.60. The largest absolute Gasteiger partial charge is 0.459 e. The third-order valence-electron chi connectivity index (χ3n) is 2.76. The second-order valence-electron chi connectivity index (χ2n) is 4.59. The van der Waals surface area contributed by atoms with E-state index in [1.54, 1.807) is 0 Å². The Hall–Kier alpha value is -3.13. The van der Waals surface area contributed by atoms with Crippen LogP contribution < -0.4 is 10.9 Å². The molecular weight excluding hydrogens is 355 g/mol. The minimum atomic E-state index is -0.798. The van der Waals surface area contributed by atoms with E-state index in [-0.39, 0.29) is 10.8 Å². The first kappa shape index (κ1) is 18.2. The van der Waals surface area contributed by atoms with Crippen LogP contribution in [0.1, 0.15) is 16.1 Å². The van der Waals surface area contributed by atoms with Crippen LogP contribution in [-0.4, -0.2) is 24.4 Å². The van der Waals surface area contributed by atoms with E-state index in [0.717, 1.165) is 12.1 Å². The number of amides is 2. The lowest BCUT2D eigenvalue weighted by Crippen LogP contribution is -2.43. The number of rotatable bonds is 5. The van der Waals surface area contributed by atoms with Crippen molar-refractivity contribution in [2.75, 3.05) is 6.61 Å². The minimum absolute atomic E-state index is 0.0122. The van der Waals surface area contributed by atoms with E-state index in [1.165, 1.54) is 36.6 Å². The quantitative estimate of drug-likeness (QED) is 0.479. The van der Waals surface area contributed by atoms with Gasteiger partial charge in [0.25, 0.3) is 5.91 Å². The van der Waals surface area contributed by atoms with Crippen molar-refractivity contribution in [3.8, 4) is 0 Å². The highest BCUT2D eigenvalue weighted by Crippen LogP contribution is 2.16. The Balaban J connectivity index is 1.73. The van der Waals surface area contributed by atoms with Crippen LogP contribution >= 0.6 is 11.6 Å². The molecule has 0 unspecified atom stereocenters. The van der Waals surface area contributed by atoms with E-state index in [0.29, 0.717) is 5.56 Å². The summed E-state index contributed by atoms with van der Waals surface area (Å²) in [6, 6.07) is 6.83. The van der Waals surface area contributed by atoms with Crippen molar-refractivity contribution in [2.45, 2.75) is 0 Å². The van der Waals surface area contributed by atoms with Crippen LogP contribution in [-0.2, 0) is 14.3 Å². The van der Waals surface area contributed by atoms with Crippen LogP contribution in [0.3, 0.4) is 0 Å². The predicted molar refractivity (Wildman–Crippen MR) is 85.7 cm³/mol. The molecule has 130 valence electrons. The van der Waals surface area contributed by atoms with Crippen LogP contribution in [0.25, 0.3) is 6.08 Å². The van der Waals surface area contributed by atoms with E-state index in [4.69, 9.17) is 16.0 Å². The third-order valence-corrected chi connectivity index (χ3v) is 3.05. The molecule has 2 aromatic rings. The second kappa shape index (κ2) is 8.65. The summed E-state index contributed by atoms with van der Waals surface area (Å²) in [6.07, 6.45) is 3.71. The molecule has 1 aromatic heterocycles. The molecule has 2 rings (SSSR count). The minimum Gasteiger partial charge on any atom is -0.459 e. The van der Waals surface area contributed by atoms with Crippen molar-refractivity contribution in [3.63, 3.8) is 0 Å². The van der Waals surface area contributed by atoms with Gasteiger partial charge in [-0.05, 0) is 35.9 Å². The van der Waals surface area contributed by atoms with Crippen molar-refractivity contribution >= 4 is 35.5 Å². The van der Waals surface area contributed by atoms with Gasteiger partial charge in [-0.1, -0.05) is 17.7 Å². The van der Waals surface area contributed by atoms with Gasteiger partial charge in [-0.15, -0.1) is 0 Å². The van der Waals surface area contributed by atoms with E-state index in [2.05, 4.69) is 15.6 Å². The standard InChI is InChI=1S/C16H12ClFN2O5/c17-11-8-10(3-5-12(11)18)4-6-15(22)25-9-14(21)19-20-16(23)13-2-1-7-24-13/h1-8H,9H2,(H,19,21)(H,20,23)/b6-4+. The maximum atomic E-state index is 13.0. The molecule has 0 radical (unpaired) electrons. The van der Waals surface area contributed by atoms with E-state index < -0.39 is 30.2 Å². The van der Waals surface area contributed by atoms with Crippen molar-refractivity contribution in [3.05, 3.63) is 64.8 Å². The first-order valence-electron chi connectivity index (χ1n) is 6.88. The second-order valence-corrected chi connectivity index (χ2v) is 5.00. The lowest BCUT2D eigenvalue weighted by atomic mass is 10.2. The molecule has 9 heteroatoms. The molecular formula is C16H12ClFN2O5. The molecule has 0 spiro atoms. The highest BCUT2D eigenvalue weighted by atomic mass is 35.5. The zero-order valence-corrected chi connectivity index (χ0v) is 13.4. The fraction of sp³-hybridized carbons (Fsp3) is 0.0625. The zero-order chi connectivity index (χ0) is 18.2. The van der Waals surface area contributed by atoms with Crippen molar-refractivity contribution in [2.24, 2.45) is 0 Å². The number of hydrazine groups is 1. The smallest absolute Gasteiger partial charge is 0.331 e. The van der Waals surface area contributed by atoms with E-state index >= 15 is 0 Å². The van der Waals surface area contributed by atoms with Gasteiger partial charge in [0.15, 0.2) is 12.4 Å². The number of benzene rings is 1. The summed E-state index contributed by atoms with van der Waals surface area (Å²) in [7, 11) is 0. The summed E-state index contributed by atoms with van der Waals surface area (Å²) >= 11 is 5.61. The van der Waals surface area contributed by atoms with Crippen molar-refractivity contribution in [1.29, 1.82) is 0 Å². The molecule has 1 heterocycles. The Labute approximate surface area is 146 Å². The van der Waals surface area contributed by atoms with E-state index in [1.807, 2.05) is 0 Å². The maximum absolute atomic E-state index is 13.0. The molecule has 0 aliphatic heterocycles. The Morgan fingerprint density at radius 2 is 2.04 bits per heavy atom. The summed E-state index contributed by atoms with van der Waals surface area (Å²) in [6.45, 7) is -0.605. The summed E-state index contributed by atoms with van der Waals surface area (Å²) in [5.74, 6) is -2.76. The van der Waals surface area contributed by atoms with Crippen LogP contribution in [0.4, 0.5) is 4.39 Å². The van der Waals surface area contributed by atoms with Gasteiger partial charge in [0.05, 0.1) is 11.3 Å². The fourth-order valence-corrected chi connectivity index (χ4v) is 1.79. The average molecular weight is 367 g/mol. The van der Waals surface area contributed by atoms with Crippen LogP contribution in [0.2, 0.25) is 5.02 Å². The number of halogens is 2. The number of furan rings is 1. The summed E-state index contributed by atoms with van der Waals surface area (Å²) in [4.78, 5) is 34.4. The number of ether oxygens (including phenoxy) is 1. The molecule has 0 aliphatic rings. The Kier molecular flexibility index (Phi) is 6.30. The lowest BCUT2D eigenvalue weighted by Gasteiger charge is -2.05. The number of carbonyl (C=O) groups is 3. The molecule has 7 nitrogen and oxygen atoms in total. The molecule has 0 bridgehead atoms. The molecule has 1 aromatic carbocycles. The normalized spacial score (nSPS) is 10.5. The molecule has 0 atom stereocenters. The molecule has 0 fully saturated rings. The number of nitrogens with one attached hydrogen (secondary N) is 2. The molecule has 25 heavy (non-hydrogen) atoms. The molecule has 0 aliphatic carbocycles. The number of hydrogen-bond acceptors (Lipinski definition) is 5. The average Bonchev–Trinajstić information content (AvgIpc) is 3.13. The lowest BCUT2D eigenvalue weighted by molar-refractivity contribution is -0.144. The molecule has 2 amide bonds. The zero-order valence-electron chi connectivity index (χ0n) is 12.6. The van der Waals surface area contributed by atoms with Gasteiger partial charge in [-0.3, -0.25) is 20.4 Å². The summed E-state index contributed by atoms with van der Waals surface area (Å²) < 4.78 is 22.5. The predicted octanol–water partition coefficient (Wildman–Crippen LogP) is 2.09. The Bertz CT molecular complexity index is 805. The van der Waals surface area contributed by atoms with Gasteiger partial charge in [-0.2, -0.15) is 0 Å². The Morgan fingerprint density at radius 1 is 1.24 bits per heavy atom. The molecule has 2 N–H and O–H groups in total. The highest BCUT2D eigenvalue weighted by Gasteiger charge is 2.10. The molecule has 0 saturated carbocycles. The van der Waals surface area contributed by atoms with Crippen molar-refractivity contribution < 1.29 is 27.9 Å². The molecule has 0 saturated heterocycles. The van der Waals surface area contributed by atoms with Crippen molar-refractivity contribution in [1.82, 2.24) is 10.9 Å². The SMILES string of the molecule is O=C(COC(=O)/C=C/c1ccc(F)c(Cl)c1)NNC(=O)c1ccco1. The first-order chi connectivity index (χ1) is 12.0. The highest BCUT2D eigenvalue weighted by molar-refractivity contribution is 6.30. The van der Waals surface area contributed by atoms with Gasteiger partial charge in [0, 0.05) is 6.08 Å². The van der Waals surface area contributed by atoms with Gasteiger partial charge in [-0.25, -0.2) is 9.18 Å². The van der Waals surface area contributed by atoms with Gasteiger partial charge >= 0.3 is 11.9 Å². The number of esters is 1. The monoisotopic (exact) mass is 366 g/mol. The first-order valence-corrected chi connectivity index (χ1v) is 7.26. The number of hydrogen-bond donors (Lipinski definition) is 2. The van der Waals surface area contributed by atoms with Crippen LogP contribution in [0.5, 0.6) is 0 Å². The van der Waals surface area contributed by atoms with Gasteiger partial charge in [0.1, 0.15) is 5.82 Å². The third kappa shape index (κ3) is 5.78. The topological polar surface area (TPSA) is 97.6 Å². The van der Waals surface area contributed by atoms with Gasteiger partial charge < -0.3 is 9.15 Å². The Morgan fingerprint density at radius 3 is 2.72 bits per heavy atom. The summed E-state index contributed by atoms with van der Waals surface area (Å²) in [5.41, 5.74) is 4.63. The van der Waals surface area contributed by atoms with Gasteiger partial charge in [0.2, 0.25) is 0 Å². The van der Waals surface area contributed by atoms with Crippen LogP contribution in [0.15, 0.2) is 47.1 Å². The maximum Gasteiger partial charge on any atom is 0.331 e. The van der Waals surface area contributed by atoms with Crippen LogP contribution in [0, 0.1) is 5.82 Å². The van der Waals surface area contributed by atoms with E-state index in [9.17, 15) is 18.8 Å². The number of carbonyl (C=O) groups excluding carboxylic acids is 3. The summed E-state index contributed by atoms with van der Waals surface area (Å²) in [5, 5.41) is -0.0813.